The van der Waals surface area contributed by atoms with Crippen molar-refractivity contribution in [3.05, 3.63) is 52.9 Å². The molecule has 3 aromatic rings. The molecule has 1 unspecified atom stereocenters. The van der Waals surface area contributed by atoms with Gasteiger partial charge in [0.25, 0.3) is 5.92 Å². The van der Waals surface area contributed by atoms with Gasteiger partial charge in [-0.15, -0.1) is 0 Å². The third-order valence-electron chi connectivity index (χ3n) is 9.04. The van der Waals surface area contributed by atoms with Crippen LogP contribution in [-0.2, 0) is 15.0 Å². The Bertz CT molecular complexity index is 1590. The number of nitrogens with one attached hydrogen (secondary N) is 1. The van der Waals surface area contributed by atoms with Crippen molar-refractivity contribution in [1.29, 1.82) is 0 Å². The molecule has 224 valence electrons. The number of carbonyl (C=O) groups excluding carboxylic acids is 2. The lowest BCUT2D eigenvalue weighted by molar-refractivity contribution is -0.181. The summed E-state index contributed by atoms with van der Waals surface area (Å²) in [4.78, 5) is 32.9. The molecule has 1 saturated heterocycles. The van der Waals surface area contributed by atoms with E-state index in [1.54, 1.807) is 4.90 Å². The first kappa shape index (κ1) is 28.6. The first-order valence-corrected chi connectivity index (χ1v) is 14.0. The van der Waals surface area contributed by atoms with Crippen LogP contribution in [0.4, 0.5) is 33.3 Å². The van der Waals surface area contributed by atoms with Crippen molar-refractivity contribution in [3.8, 4) is 0 Å². The summed E-state index contributed by atoms with van der Waals surface area (Å²) in [7, 11) is 0. The molecule has 1 aromatic carbocycles. The molecule has 1 saturated carbocycles. The average Bonchev–Trinajstić information content (AvgIpc) is 3.48. The Morgan fingerprint density at radius 3 is 2.38 bits per heavy atom. The zero-order chi connectivity index (χ0) is 30.4. The van der Waals surface area contributed by atoms with Gasteiger partial charge in [0.05, 0.1) is 23.5 Å². The maximum atomic E-state index is 15.2. The average molecular weight is 611 g/mol. The van der Waals surface area contributed by atoms with Gasteiger partial charge in [-0.25, -0.2) is 18.3 Å². The minimum atomic E-state index is -4.65. The molecule has 1 aliphatic carbocycles. The quantitative estimate of drug-likeness (QED) is 0.401. The Labute approximate surface area is 242 Å². The minimum absolute atomic E-state index is 0.00419. The van der Waals surface area contributed by atoms with Gasteiger partial charge in [0.2, 0.25) is 11.8 Å². The van der Waals surface area contributed by atoms with Gasteiger partial charge in [-0.2, -0.15) is 18.3 Å². The van der Waals surface area contributed by atoms with Crippen molar-refractivity contribution in [2.45, 2.75) is 63.1 Å². The molecule has 0 bridgehead atoms. The van der Waals surface area contributed by atoms with Crippen molar-refractivity contribution in [2.24, 2.45) is 5.41 Å². The molecular formula is C28H28ClF5N6O2. The third kappa shape index (κ3) is 3.99. The third-order valence-corrected chi connectivity index (χ3v) is 9.23. The molecule has 4 atom stereocenters. The summed E-state index contributed by atoms with van der Waals surface area (Å²) < 4.78 is 74.8. The Hall–Kier alpha value is -3.48. The lowest BCUT2D eigenvalue weighted by Gasteiger charge is -2.28. The second-order valence-corrected chi connectivity index (χ2v) is 12.1. The first-order valence-electron chi connectivity index (χ1n) is 13.6. The van der Waals surface area contributed by atoms with E-state index in [2.05, 4.69) is 15.4 Å². The van der Waals surface area contributed by atoms with Crippen molar-refractivity contribution >= 4 is 40.4 Å². The van der Waals surface area contributed by atoms with Crippen molar-refractivity contribution < 1.29 is 31.5 Å². The molecular weight excluding hydrogens is 583 g/mol. The normalized spacial score (nSPS) is 27.3. The predicted molar refractivity (Wildman–Crippen MR) is 144 cm³/mol. The van der Waals surface area contributed by atoms with E-state index in [-0.39, 0.29) is 33.7 Å². The number of hydrogen-bond donors (Lipinski definition) is 1. The van der Waals surface area contributed by atoms with E-state index in [9.17, 15) is 22.8 Å². The number of halogens is 6. The highest BCUT2D eigenvalue weighted by Gasteiger charge is 2.82. The lowest BCUT2D eigenvalue weighted by Crippen LogP contribution is -2.48. The largest absolute Gasteiger partial charge is 0.401 e. The van der Waals surface area contributed by atoms with Gasteiger partial charge in [-0.1, -0.05) is 23.7 Å². The molecule has 2 aromatic heterocycles. The fourth-order valence-electron chi connectivity index (χ4n) is 6.36. The number of carbonyl (C=O) groups is 2. The second-order valence-electron chi connectivity index (χ2n) is 11.7. The lowest BCUT2D eigenvalue weighted by atomic mass is 9.87. The molecule has 2 aliphatic heterocycles. The van der Waals surface area contributed by atoms with Crippen molar-refractivity contribution in [1.82, 2.24) is 24.8 Å². The molecule has 0 radical (unpaired) electrons. The molecule has 14 heteroatoms. The monoisotopic (exact) mass is 610 g/mol. The number of likely N-dealkylation sites (tertiary alicyclic amines) is 1. The van der Waals surface area contributed by atoms with E-state index in [0.29, 0.717) is 18.8 Å². The van der Waals surface area contributed by atoms with E-state index in [0.717, 1.165) is 31.2 Å². The zero-order valence-electron chi connectivity index (χ0n) is 23.0. The molecule has 4 heterocycles. The maximum absolute atomic E-state index is 15.2. The fourth-order valence-corrected chi connectivity index (χ4v) is 6.54. The predicted octanol–water partition coefficient (Wildman–Crippen LogP) is 5.22. The van der Waals surface area contributed by atoms with Crippen LogP contribution < -0.4 is 10.2 Å². The van der Waals surface area contributed by atoms with Gasteiger partial charge in [-0.05, 0) is 51.3 Å². The maximum Gasteiger partial charge on any atom is 0.401 e. The van der Waals surface area contributed by atoms with Gasteiger partial charge >= 0.3 is 6.18 Å². The van der Waals surface area contributed by atoms with Crippen LogP contribution >= 0.6 is 11.6 Å². The van der Waals surface area contributed by atoms with Gasteiger partial charge in [0.1, 0.15) is 16.9 Å². The first-order chi connectivity index (χ1) is 19.6. The number of benzene rings is 1. The van der Waals surface area contributed by atoms with Crippen molar-refractivity contribution in [2.75, 3.05) is 24.5 Å². The summed E-state index contributed by atoms with van der Waals surface area (Å²) in [6.45, 7) is 4.36. The number of hydrogen-bond acceptors (Lipinski definition) is 5. The van der Waals surface area contributed by atoms with Gasteiger partial charge in [0, 0.05) is 31.4 Å². The molecule has 1 N–H and O–H groups in total. The second kappa shape index (κ2) is 9.26. The molecule has 2 fully saturated rings. The number of alkyl halides is 5. The van der Waals surface area contributed by atoms with Crippen LogP contribution in [0.25, 0.3) is 5.65 Å². The molecule has 0 spiro atoms. The highest BCUT2D eigenvalue weighted by Crippen LogP contribution is 2.71. The summed E-state index contributed by atoms with van der Waals surface area (Å²) in [5, 5.41) is 6.48. The molecule has 8 nitrogen and oxygen atoms in total. The van der Waals surface area contributed by atoms with E-state index in [1.165, 1.54) is 48.4 Å². The number of nitrogens with zero attached hydrogens (tertiary/aromatic N) is 5. The Morgan fingerprint density at radius 2 is 1.76 bits per heavy atom. The Kier molecular flexibility index (Phi) is 6.31. The number of fused-ring (bicyclic) bond motifs is 3. The molecule has 3 aliphatic rings. The van der Waals surface area contributed by atoms with Crippen LogP contribution in [0.3, 0.4) is 0 Å². The number of anilines is 2. The Balaban J connectivity index is 1.27. The van der Waals surface area contributed by atoms with Gasteiger partial charge < -0.3 is 15.1 Å². The van der Waals surface area contributed by atoms with Crippen LogP contribution in [0.1, 0.15) is 50.8 Å². The van der Waals surface area contributed by atoms with Crippen molar-refractivity contribution in [3.63, 3.8) is 0 Å². The van der Waals surface area contributed by atoms with E-state index in [4.69, 9.17) is 11.6 Å². The van der Waals surface area contributed by atoms with Gasteiger partial charge in [0.15, 0.2) is 10.8 Å². The van der Waals surface area contributed by atoms with Crippen LogP contribution in [0.2, 0.25) is 5.15 Å². The summed E-state index contributed by atoms with van der Waals surface area (Å²) >= 11 is 5.96. The number of amides is 2. The zero-order valence-corrected chi connectivity index (χ0v) is 23.7. The van der Waals surface area contributed by atoms with Crippen LogP contribution in [-0.4, -0.2) is 69.1 Å². The summed E-state index contributed by atoms with van der Waals surface area (Å²) in [6, 6.07) is 6.11. The summed E-state index contributed by atoms with van der Waals surface area (Å²) in [6.07, 6.45) is -1.62. The topological polar surface area (TPSA) is 82.8 Å². The molecule has 42 heavy (non-hydrogen) atoms. The highest BCUT2D eigenvalue weighted by molar-refractivity contribution is 6.29. The Morgan fingerprint density at radius 1 is 1.12 bits per heavy atom. The number of aromatic nitrogens is 3. The van der Waals surface area contributed by atoms with E-state index in [1.807, 2.05) is 0 Å². The summed E-state index contributed by atoms with van der Waals surface area (Å²) in [5.41, 5.74) is -3.74. The SMILES string of the molecule is CC(NC(=O)[C@]1(C)[C@@H](c2ccc(N3C[C@@](C)(C(F)(F)F)c4c3cnc3cc(Cl)nn43)cc2)C1(F)F)C(=O)N1CCCC1. The van der Waals surface area contributed by atoms with E-state index >= 15 is 8.78 Å². The van der Waals surface area contributed by atoms with Gasteiger partial charge in [-0.3, -0.25) is 9.59 Å². The summed E-state index contributed by atoms with van der Waals surface area (Å²) in [5.74, 6) is -6.09. The fraction of sp³-hybridized carbons (Fsp3) is 0.500. The molecule has 6 rings (SSSR count). The van der Waals surface area contributed by atoms with Crippen LogP contribution in [0, 0.1) is 5.41 Å². The smallest absolute Gasteiger partial charge is 0.344 e. The number of rotatable bonds is 5. The molecule has 2 amide bonds. The van der Waals surface area contributed by atoms with E-state index < -0.39 is 47.3 Å². The standard InChI is InChI=1S/C28H28ClF5N6O2/c1-15(23(41)38-10-4-5-11-38)36-24(42)26(3)21(27(26,30)31)16-6-8-17(9-7-16)39-14-25(2,28(32,33)34)22-18(39)13-35-20-12-19(29)37-40(20)22/h6-9,12-13,15,21H,4-5,10-11,14H2,1-3H3,(H,36,42)/t15?,21-,25-,26+/m1/s1. The highest BCUT2D eigenvalue weighted by atomic mass is 35.5. The van der Waals surface area contributed by atoms with Crippen LogP contribution in [0.15, 0.2) is 36.5 Å². The van der Waals surface area contributed by atoms with Crippen LogP contribution in [0.5, 0.6) is 0 Å². The minimum Gasteiger partial charge on any atom is -0.344 e.